The molecule has 0 fully saturated rings. The number of terminal acetylenes is 1. The Labute approximate surface area is 260 Å². The molecule has 2 aromatic heterocycles. The lowest BCUT2D eigenvalue weighted by Crippen LogP contribution is -2.39. The number of fused-ring (bicyclic) bond motifs is 1. The van der Waals surface area contributed by atoms with Gasteiger partial charge in [0, 0.05) is 10.4 Å². The van der Waals surface area contributed by atoms with Crippen molar-refractivity contribution in [3.63, 3.8) is 0 Å². The third kappa shape index (κ3) is 5.63. The summed E-state index contributed by atoms with van der Waals surface area (Å²) in [7, 11) is 0. The third-order valence-corrected chi connectivity index (χ3v) is 9.31. The molecule has 0 bridgehead atoms. The highest BCUT2D eigenvalue weighted by molar-refractivity contribution is 14.1. The van der Waals surface area contributed by atoms with Crippen LogP contribution >= 0.6 is 67.9 Å². The number of ether oxygens (including phenoxy) is 2. The van der Waals surface area contributed by atoms with E-state index in [9.17, 15) is 9.59 Å². The molecule has 1 aliphatic rings. The summed E-state index contributed by atoms with van der Waals surface area (Å²) in [5, 5.41) is 1.93. The van der Waals surface area contributed by atoms with Gasteiger partial charge in [0.05, 0.1) is 29.5 Å². The Morgan fingerprint density at radius 3 is 2.56 bits per heavy atom. The summed E-state index contributed by atoms with van der Waals surface area (Å²) in [4.78, 5) is 33.6. The lowest BCUT2D eigenvalue weighted by Gasteiger charge is -2.24. The van der Waals surface area contributed by atoms with E-state index in [1.165, 1.54) is 22.7 Å². The zero-order valence-corrected chi connectivity index (χ0v) is 26.5. The zero-order chi connectivity index (χ0) is 27.5. The number of thiazole rings is 1. The van der Waals surface area contributed by atoms with Crippen molar-refractivity contribution < 1.29 is 14.3 Å². The normalized spacial score (nSPS) is 14.9. The predicted molar refractivity (Wildman–Crippen MR) is 172 cm³/mol. The number of rotatable bonds is 7. The van der Waals surface area contributed by atoms with Gasteiger partial charge in [0.2, 0.25) is 0 Å². The Morgan fingerprint density at radius 2 is 1.92 bits per heavy atom. The third-order valence-electron chi connectivity index (χ3n) is 5.80. The molecule has 39 heavy (non-hydrogen) atoms. The summed E-state index contributed by atoms with van der Waals surface area (Å²) in [5.74, 6) is 2.72. The van der Waals surface area contributed by atoms with Crippen molar-refractivity contribution in [2.45, 2.75) is 13.0 Å². The van der Waals surface area contributed by atoms with E-state index >= 15 is 0 Å². The van der Waals surface area contributed by atoms with Crippen LogP contribution in [0.4, 0.5) is 0 Å². The van der Waals surface area contributed by atoms with Gasteiger partial charge in [0.1, 0.15) is 18.4 Å². The number of hydrogen-bond donors (Lipinski definition) is 0. The summed E-state index contributed by atoms with van der Waals surface area (Å²) in [6, 6.07) is 16.6. The second kappa shape index (κ2) is 12.2. The van der Waals surface area contributed by atoms with Crippen LogP contribution in [0.2, 0.25) is 0 Å². The molecule has 0 radical (unpaired) electrons. The summed E-state index contributed by atoms with van der Waals surface area (Å²) < 4.78 is 15.1. The van der Waals surface area contributed by atoms with Crippen LogP contribution in [0.3, 0.4) is 0 Å². The van der Waals surface area contributed by atoms with E-state index in [0.717, 1.165) is 28.9 Å². The standard InChI is InChI=1S/C29H20I2N2O4S2/c1-3-12-37-26-19(30)14-17(15-20(26)31)16-22-27(34)33-25(21-11-8-13-38-21)23(28(35)36-4-2)24(32-29(33)39-22)18-9-6-5-7-10-18/h1,5-11,13-16,25H,4,12H2,2H3/b22-16-/t25-/m1/s1. The molecule has 1 aliphatic heterocycles. The molecule has 0 N–H and O–H groups in total. The van der Waals surface area contributed by atoms with E-state index in [-0.39, 0.29) is 18.8 Å². The van der Waals surface area contributed by atoms with Crippen molar-refractivity contribution >= 4 is 85.6 Å². The molecule has 0 spiro atoms. The molecule has 10 heteroatoms. The fourth-order valence-corrected chi connectivity index (χ4v) is 8.17. The van der Waals surface area contributed by atoms with Gasteiger partial charge in [-0.15, -0.1) is 17.8 Å². The van der Waals surface area contributed by atoms with E-state index in [1.54, 1.807) is 11.5 Å². The van der Waals surface area contributed by atoms with E-state index < -0.39 is 12.0 Å². The minimum absolute atomic E-state index is 0.180. The molecule has 3 heterocycles. The Balaban J connectivity index is 1.74. The first-order valence-corrected chi connectivity index (χ1v) is 15.7. The van der Waals surface area contributed by atoms with Crippen LogP contribution in [0.25, 0.3) is 11.8 Å². The van der Waals surface area contributed by atoms with Gasteiger partial charge in [-0.3, -0.25) is 9.36 Å². The SMILES string of the molecule is C#CCOc1c(I)cc(/C=c2\sc3n(c2=O)[C@H](c2cccs2)C(C(=O)OCC)=C(c2ccccc2)N=3)cc1I. The van der Waals surface area contributed by atoms with Crippen molar-refractivity contribution in [1.29, 1.82) is 0 Å². The largest absolute Gasteiger partial charge is 0.479 e. The lowest BCUT2D eigenvalue weighted by molar-refractivity contribution is -0.138. The highest BCUT2D eigenvalue weighted by Crippen LogP contribution is 2.37. The van der Waals surface area contributed by atoms with Crippen LogP contribution in [0.5, 0.6) is 5.75 Å². The molecular weight excluding hydrogens is 758 g/mol. The van der Waals surface area contributed by atoms with Crippen LogP contribution < -0.4 is 19.6 Å². The highest BCUT2D eigenvalue weighted by Gasteiger charge is 2.35. The monoisotopic (exact) mass is 778 g/mol. The zero-order valence-electron chi connectivity index (χ0n) is 20.5. The van der Waals surface area contributed by atoms with Gasteiger partial charge < -0.3 is 9.47 Å². The molecule has 0 saturated heterocycles. The molecule has 1 atom stereocenters. The summed E-state index contributed by atoms with van der Waals surface area (Å²) in [5.41, 5.74) is 2.28. The maximum Gasteiger partial charge on any atom is 0.338 e. The number of carbonyl (C=O) groups is 1. The first-order chi connectivity index (χ1) is 18.9. The first kappa shape index (κ1) is 27.8. The van der Waals surface area contributed by atoms with Crippen molar-refractivity contribution in [1.82, 2.24) is 4.57 Å². The van der Waals surface area contributed by atoms with Gasteiger partial charge in [-0.25, -0.2) is 9.79 Å². The van der Waals surface area contributed by atoms with Gasteiger partial charge >= 0.3 is 5.97 Å². The second-order valence-corrected chi connectivity index (χ2v) is 12.6. The molecule has 5 rings (SSSR count). The van der Waals surface area contributed by atoms with Crippen LogP contribution in [0, 0.1) is 19.5 Å². The highest BCUT2D eigenvalue weighted by atomic mass is 127. The van der Waals surface area contributed by atoms with E-state index in [0.29, 0.717) is 20.6 Å². The number of benzene rings is 2. The fourth-order valence-electron chi connectivity index (χ4n) is 4.22. The number of esters is 1. The second-order valence-electron chi connectivity index (χ2n) is 8.25. The molecule has 0 aliphatic carbocycles. The fraction of sp³-hybridized carbons (Fsp3) is 0.138. The molecule has 4 aromatic rings. The molecule has 196 valence electrons. The smallest absolute Gasteiger partial charge is 0.338 e. The summed E-state index contributed by atoms with van der Waals surface area (Å²) in [6.07, 6.45) is 7.20. The minimum Gasteiger partial charge on any atom is -0.479 e. The van der Waals surface area contributed by atoms with Crippen molar-refractivity contribution in [2.75, 3.05) is 13.2 Å². The Kier molecular flexibility index (Phi) is 8.70. The first-order valence-electron chi connectivity index (χ1n) is 11.8. The van der Waals surface area contributed by atoms with E-state index in [1.807, 2.05) is 66.1 Å². The minimum atomic E-state index is -0.655. The molecule has 0 unspecified atom stereocenters. The molecule has 0 saturated carbocycles. The topological polar surface area (TPSA) is 69.9 Å². The van der Waals surface area contributed by atoms with Crippen LogP contribution in [0.1, 0.15) is 29.0 Å². The lowest BCUT2D eigenvalue weighted by atomic mass is 9.97. The molecule has 0 amide bonds. The van der Waals surface area contributed by atoms with Gasteiger partial charge in [-0.2, -0.15) is 0 Å². The molecule has 2 aromatic carbocycles. The number of hydrogen-bond acceptors (Lipinski definition) is 7. The van der Waals surface area contributed by atoms with Crippen LogP contribution in [-0.2, 0) is 9.53 Å². The quantitative estimate of drug-likeness (QED) is 0.147. The van der Waals surface area contributed by atoms with Gasteiger partial charge in [0.15, 0.2) is 4.80 Å². The van der Waals surface area contributed by atoms with Crippen molar-refractivity contribution in [3.05, 3.63) is 108 Å². The molecule has 6 nitrogen and oxygen atoms in total. The van der Waals surface area contributed by atoms with Gasteiger partial charge in [-0.05, 0) is 87.3 Å². The molecular formula is C29H20I2N2O4S2. The predicted octanol–water partition coefficient (Wildman–Crippen LogP) is 5.22. The Bertz CT molecular complexity index is 1780. The van der Waals surface area contributed by atoms with E-state index in [2.05, 4.69) is 51.1 Å². The number of nitrogens with zero attached hydrogens (tertiary/aromatic N) is 2. The Morgan fingerprint density at radius 1 is 1.18 bits per heavy atom. The van der Waals surface area contributed by atoms with Crippen LogP contribution in [0.15, 0.2) is 75.3 Å². The van der Waals surface area contributed by atoms with Crippen molar-refractivity contribution in [3.8, 4) is 18.1 Å². The summed E-state index contributed by atoms with van der Waals surface area (Å²) >= 11 is 7.19. The van der Waals surface area contributed by atoms with E-state index in [4.69, 9.17) is 20.9 Å². The maximum absolute atomic E-state index is 13.9. The number of aromatic nitrogens is 1. The maximum atomic E-state index is 13.9. The Hall–Kier alpha value is -2.73. The summed E-state index contributed by atoms with van der Waals surface area (Å²) in [6.45, 7) is 2.16. The van der Waals surface area contributed by atoms with Gasteiger partial charge in [-0.1, -0.05) is 53.7 Å². The van der Waals surface area contributed by atoms with Gasteiger partial charge in [0.25, 0.3) is 5.56 Å². The number of carbonyl (C=O) groups excluding carboxylic acids is 1. The van der Waals surface area contributed by atoms with Crippen molar-refractivity contribution in [2.24, 2.45) is 4.99 Å². The average molecular weight is 778 g/mol. The average Bonchev–Trinajstić information content (AvgIpc) is 3.56. The number of thiophene rings is 1. The van der Waals surface area contributed by atoms with Crippen LogP contribution in [-0.4, -0.2) is 23.8 Å². The number of halogens is 2.